The molecule has 0 aliphatic rings. The number of benzene rings is 1. The maximum absolute atomic E-state index is 12.3. The summed E-state index contributed by atoms with van der Waals surface area (Å²) in [6, 6.07) is 6.17. The number of rotatable bonds is 5. The van der Waals surface area contributed by atoms with Crippen LogP contribution in [0.15, 0.2) is 23.1 Å². The summed E-state index contributed by atoms with van der Waals surface area (Å²) >= 11 is 5.73. The Morgan fingerprint density at radius 2 is 2.17 bits per heavy atom. The summed E-state index contributed by atoms with van der Waals surface area (Å²) < 4.78 is 25.8. The smallest absolute Gasteiger partial charge is 0.245 e. The maximum atomic E-state index is 12.3. The van der Waals surface area contributed by atoms with Crippen LogP contribution >= 0.6 is 11.6 Å². The van der Waals surface area contributed by atoms with Crippen molar-refractivity contribution < 1.29 is 8.42 Å². The molecule has 0 amide bonds. The van der Waals surface area contributed by atoms with E-state index in [1.807, 2.05) is 6.07 Å². The first-order chi connectivity index (χ1) is 8.43. The van der Waals surface area contributed by atoms with Crippen molar-refractivity contribution in [3.8, 4) is 6.07 Å². The van der Waals surface area contributed by atoms with Crippen molar-refractivity contribution in [3.63, 3.8) is 0 Å². The zero-order valence-corrected chi connectivity index (χ0v) is 11.5. The topological polar surface area (TPSA) is 87.2 Å². The lowest BCUT2D eigenvalue weighted by Crippen LogP contribution is -2.32. The van der Waals surface area contributed by atoms with Crippen molar-refractivity contribution in [2.24, 2.45) is 0 Å². The first kappa shape index (κ1) is 14.8. The fraction of sp³-hybridized carbons (Fsp3) is 0.364. The van der Waals surface area contributed by atoms with Crippen molar-refractivity contribution in [2.75, 3.05) is 18.8 Å². The zero-order valence-electron chi connectivity index (χ0n) is 9.93. The zero-order chi connectivity index (χ0) is 13.8. The molecular formula is C11H14ClN3O2S. The quantitative estimate of drug-likeness (QED) is 0.837. The number of halogens is 1. The molecular weight excluding hydrogens is 274 g/mol. The SMILES string of the molecule is CCN(CCC#N)S(=O)(=O)c1ccc(Cl)cc1N. The number of hydrogen-bond acceptors (Lipinski definition) is 4. The number of nitrogen functional groups attached to an aromatic ring is 1. The number of hydrogen-bond donors (Lipinski definition) is 1. The van der Waals surface area contributed by atoms with Crippen LogP contribution in [0.2, 0.25) is 5.02 Å². The van der Waals surface area contributed by atoms with Crippen LogP contribution in [-0.4, -0.2) is 25.8 Å². The van der Waals surface area contributed by atoms with E-state index in [9.17, 15) is 8.42 Å². The van der Waals surface area contributed by atoms with Gasteiger partial charge in [-0.3, -0.25) is 0 Å². The fourth-order valence-electron chi connectivity index (χ4n) is 1.52. The summed E-state index contributed by atoms with van der Waals surface area (Å²) in [5.41, 5.74) is 5.78. The fourth-order valence-corrected chi connectivity index (χ4v) is 3.24. The van der Waals surface area contributed by atoms with Crippen LogP contribution in [0, 0.1) is 11.3 Å². The van der Waals surface area contributed by atoms with Gasteiger partial charge >= 0.3 is 0 Å². The lowest BCUT2D eigenvalue weighted by Gasteiger charge is -2.20. The predicted octanol–water partition coefficient (Wildman–Crippen LogP) is 1.85. The van der Waals surface area contributed by atoms with Crippen LogP contribution in [0.4, 0.5) is 5.69 Å². The van der Waals surface area contributed by atoms with Gasteiger partial charge in [0.1, 0.15) is 4.90 Å². The Morgan fingerprint density at radius 3 is 2.67 bits per heavy atom. The van der Waals surface area contributed by atoms with Crippen molar-refractivity contribution in [3.05, 3.63) is 23.2 Å². The van der Waals surface area contributed by atoms with Gasteiger partial charge in [-0.2, -0.15) is 9.57 Å². The van der Waals surface area contributed by atoms with Crippen molar-refractivity contribution in [1.29, 1.82) is 5.26 Å². The molecule has 7 heteroatoms. The monoisotopic (exact) mass is 287 g/mol. The van der Waals surface area contributed by atoms with Gasteiger partial charge in [-0.15, -0.1) is 0 Å². The van der Waals surface area contributed by atoms with E-state index < -0.39 is 10.0 Å². The van der Waals surface area contributed by atoms with Crippen LogP contribution < -0.4 is 5.73 Å². The van der Waals surface area contributed by atoms with Gasteiger partial charge in [-0.1, -0.05) is 18.5 Å². The Labute approximate surface area is 112 Å². The highest BCUT2D eigenvalue weighted by Crippen LogP contribution is 2.25. The van der Waals surface area contributed by atoms with E-state index in [0.29, 0.717) is 5.02 Å². The first-order valence-electron chi connectivity index (χ1n) is 5.35. The van der Waals surface area contributed by atoms with E-state index in [2.05, 4.69) is 0 Å². The Balaban J connectivity index is 3.15. The van der Waals surface area contributed by atoms with Crippen molar-refractivity contribution >= 4 is 27.3 Å². The summed E-state index contributed by atoms with van der Waals surface area (Å²) in [6.45, 7) is 2.14. The summed E-state index contributed by atoms with van der Waals surface area (Å²) in [7, 11) is -3.67. The highest BCUT2D eigenvalue weighted by molar-refractivity contribution is 7.89. The Kier molecular flexibility index (Phi) is 4.96. The molecule has 0 radical (unpaired) electrons. The normalized spacial score (nSPS) is 11.4. The summed E-state index contributed by atoms with van der Waals surface area (Å²) in [6.07, 6.45) is 0.139. The summed E-state index contributed by atoms with van der Waals surface area (Å²) in [5, 5.41) is 8.91. The molecule has 2 N–H and O–H groups in total. The molecule has 0 aromatic heterocycles. The second kappa shape index (κ2) is 6.05. The molecule has 1 aromatic rings. The molecule has 1 rings (SSSR count). The molecule has 0 aliphatic carbocycles. The summed E-state index contributed by atoms with van der Waals surface area (Å²) in [5.74, 6) is 0. The molecule has 0 bridgehead atoms. The molecule has 0 saturated carbocycles. The molecule has 0 spiro atoms. The van der Waals surface area contributed by atoms with Gasteiger partial charge in [0, 0.05) is 24.5 Å². The number of nitriles is 1. The van der Waals surface area contributed by atoms with E-state index in [4.69, 9.17) is 22.6 Å². The first-order valence-corrected chi connectivity index (χ1v) is 7.17. The van der Waals surface area contributed by atoms with Crippen molar-refractivity contribution in [2.45, 2.75) is 18.2 Å². The minimum absolute atomic E-state index is 0.0201. The molecule has 0 unspecified atom stereocenters. The average Bonchev–Trinajstić information content (AvgIpc) is 2.29. The highest BCUT2D eigenvalue weighted by atomic mass is 35.5. The summed E-state index contributed by atoms with van der Waals surface area (Å²) in [4.78, 5) is 0.0201. The second-order valence-corrected chi connectivity index (χ2v) is 5.93. The lowest BCUT2D eigenvalue weighted by molar-refractivity contribution is 0.435. The van der Waals surface area contributed by atoms with Gasteiger partial charge in [0.25, 0.3) is 0 Å². The van der Waals surface area contributed by atoms with Gasteiger partial charge in [0.2, 0.25) is 10.0 Å². The Morgan fingerprint density at radius 1 is 1.50 bits per heavy atom. The molecule has 0 aliphatic heterocycles. The lowest BCUT2D eigenvalue weighted by atomic mass is 10.3. The molecule has 0 atom stereocenters. The number of nitrogens with zero attached hydrogens (tertiary/aromatic N) is 2. The Hall–Kier alpha value is -1.29. The maximum Gasteiger partial charge on any atom is 0.245 e. The van der Waals surface area contributed by atoms with E-state index in [1.54, 1.807) is 6.92 Å². The van der Waals surface area contributed by atoms with Gasteiger partial charge in [0.05, 0.1) is 11.8 Å². The predicted molar refractivity (Wildman–Crippen MR) is 70.5 cm³/mol. The number of sulfonamides is 1. The third-order valence-corrected chi connectivity index (χ3v) is 4.70. The molecule has 0 heterocycles. The largest absolute Gasteiger partial charge is 0.398 e. The van der Waals surface area contributed by atoms with Crippen LogP contribution in [0.3, 0.4) is 0 Å². The molecule has 0 fully saturated rings. The van der Waals surface area contributed by atoms with E-state index in [1.165, 1.54) is 22.5 Å². The average molecular weight is 288 g/mol. The molecule has 0 saturated heterocycles. The molecule has 5 nitrogen and oxygen atoms in total. The van der Waals surface area contributed by atoms with Gasteiger partial charge in [-0.05, 0) is 18.2 Å². The number of anilines is 1. The molecule has 1 aromatic carbocycles. The minimum Gasteiger partial charge on any atom is -0.398 e. The van der Waals surface area contributed by atoms with Gasteiger partial charge in [0.15, 0.2) is 0 Å². The minimum atomic E-state index is -3.67. The third kappa shape index (κ3) is 3.13. The van der Waals surface area contributed by atoms with Crippen LogP contribution in [-0.2, 0) is 10.0 Å². The molecule has 98 valence electrons. The number of nitrogens with two attached hydrogens (primary N) is 1. The van der Waals surface area contributed by atoms with Crippen LogP contribution in [0.25, 0.3) is 0 Å². The van der Waals surface area contributed by atoms with E-state index in [-0.39, 0.29) is 30.1 Å². The highest BCUT2D eigenvalue weighted by Gasteiger charge is 2.24. The van der Waals surface area contributed by atoms with Gasteiger partial charge < -0.3 is 5.73 Å². The van der Waals surface area contributed by atoms with Crippen LogP contribution in [0.5, 0.6) is 0 Å². The van der Waals surface area contributed by atoms with Gasteiger partial charge in [-0.25, -0.2) is 8.42 Å². The standard InChI is InChI=1S/C11H14ClN3O2S/c1-2-15(7-3-6-13)18(16,17)11-5-4-9(12)8-10(11)14/h4-5,8H,2-3,7,14H2,1H3. The van der Waals surface area contributed by atoms with Crippen LogP contribution in [0.1, 0.15) is 13.3 Å². The Bertz CT molecular complexity index is 566. The molecule has 18 heavy (non-hydrogen) atoms. The third-order valence-electron chi connectivity index (χ3n) is 2.42. The van der Waals surface area contributed by atoms with Crippen molar-refractivity contribution in [1.82, 2.24) is 4.31 Å². The second-order valence-electron chi connectivity index (χ2n) is 3.59. The van der Waals surface area contributed by atoms with E-state index in [0.717, 1.165) is 0 Å². The van der Waals surface area contributed by atoms with E-state index >= 15 is 0 Å².